The molecule has 1 saturated heterocycles. The number of nitrogens with one attached hydrogen (secondary N) is 1. The highest BCUT2D eigenvalue weighted by atomic mass is 19.1. The summed E-state index contributed by atoms with van der Waals surface area (Å²) in [6, 6.07) is 4.22. The van der Waals surface area contributed by atoms with E-state index in [-0.39, 0.29) is 13.2 Å². The molecular formula is C19H29BFNO5. The number of halogens is 1. The fraction of sp³-hybridized carbons (Fsp3) is 0.632. The molecule has 1 aliphatic rings. The van der Waals surface area contributed by atoms with Crippen molar-refractivity contribution >= 4 is 18.7 Å². The highest BCUT2D eigenvalue weighted by Gasteiger charge is 2.52. The second kappa shape index (κ2) is 7.68. The van der Waals surface area contributed by atoms with Gasteiger partial charge in [0.15, 0.2) is 0 Å². The first-order chi connectivity index (χ1) is 12.3. The second-order valence-electron chi connectivity index (χ2n) is 8.55. The Morgan fingerprint density at radius 3 is 2.33 bits per heavy atom. The largest absolute Gasteiger partial charge is 0.498 e. The van der Waals surface area contributed by atoms with Crippen LogP contribution in [0.25, 0.3) is 0 Å². The van der Waals surface area contributed by atoms with E-state index >= 15 is 0 Å². The number of carbonyl (C=O) groups is 1. The summed E-state index contributed by atoms with van der Waals surface area (Å²) >= 11 is 0. The van der Waals surface area contributed by atoms with Gasteiger partial charge in [-0.1, -0.05) is 6.07 Å². The summed E-state index contributed by atoms with van der Waals surface area (Å²) in [5.41, 5.74) is -0.993. The average Bonchev–Trinajstić information content (AvgIpc) is 2.70. The monoisotopic (exact) mass is 381 g/mol. The SMILES string of the molecule is CC(C)(C)OC(=O)NCCOc1cc(F)ccc1B1OC(C)(C)C(C)(C)O1. The minimum Gasteiger partial charge on any atom is -0.492 e. The van der Waals surface area contributed by atoms with Crippen molar-refractivity contribution in [3.8, 4) is 5.75 Å². The van der Waals surface area contributed by atoms with E-state index in [1.54, 1.807) is 26.8 Å². The standard InChI is InChI=1S/C19H29BFNO5/c1-17(2,3)25-16(23)22-10-11-24-15-12-13(21)8-9-14(15)20-26-18(4,5)19(6,7)27-20/h8-9,12H,10-11H2,1-7H3,(H,22,23). The molecular weight excluding hydrogens is 352 g/mol. The number of hydrogen-bond acceptors (Lipinski definition) is 5. The van der Waals surface area contributed by atoms with Crippen molar-refractivity contribution in [1.82, 2.24) is 5.32 Å². The molecule has 8 heteroatoms. The quantitative estimate of drug-likeness (QED) is 0.628. The lowest BCUT2D eigenvalue weighted by atomic mass is 9.78. The molecule has 1 aromatic carbocycles. The van der Waals surface area contributed by atoms with Crippen LogP contribution in [-0.4, -0.2) is 43.2 Å². The molecule has 1 fully saturated rings. The molecule has 0 aliphatic carbocycles. The minimum atomic E-state index is -0.663. The second-order valence-corrected chi connectivity index (χ2v) is 8.55. The van der Waals surface area contributed by atoms with Crippen molar-refractivity contribution < 1.29 is 28.0 Å². The van der Waals surface area contributed by atoms with Crippen LogP contribution in [0.3, 0.4) is 0 Å². The molecule has 0 unspecified atom stereocenters. The van der Waals surface area contributed by atoms with Crippen LogP contribution < -0.4 is 15.5 Å². The zero-order valence-corrected chi connectivity index (χ0v) is 17.1. The topological polar surface area (TPSA) is 66.0 Å². The summed E-state index contributed by atoms with van der Waals surface area (Å²) in [6.07, 6.45) is -0.531. The van der Waals surface area contributed by atoms with Crippen LogP contribution in [0, 0.1) is 5.82 Å². The molecule has 0 saturated carbocycles. The van der Waals surface area contributed by atoms with Crippen molar-refractivity contribution in [2.45, 2.75) is 65.3 Å². The number of amides is 1. The van der Waals surface area contributed by atoms with E-state index in [1.165, 1.54) is 12.1 Å². The molecule has 1 heterocycles. The molecule has 1 aromatic rings. The van der Waals surface area contributed by atoms with Crippen LogP contribution in [-0.2, 0) is 14.0 Å². The van der Waals surface area contributed by atoms with Gasteiger partial charge in [0.2, 0.25) is 0 Å². The van der Waals surface area contributed by atoms with Crippen LogP contribution >= 0.6 is 0 Å². The first kappa shape index (κ1) is 21.5. The van der Waals surface area contributed by atoms with Gasteiger partial charge in [0.25, 0.3) is 0 Å². The molecule has 150 valence electrons. The van der Waals surface area contributed by atoms with E-state index in [9.17, 15) is 9.18 Å². The zero-order chi connectivity index (χ0) is 20.5. The smallest absolute Gasteiger partial charge is 0.492 e. The predicted molar refractivity (Wildman–Crippen MR) is 102 cm³/mol. The van der Waals surface area contributed by atoms with Gasteiger partial charge in [-0.2, -0.15) is 0 Å². The normalized spacial score (nSPS) is 18.3. The maximum atomic E-state index is 13.7. The highest BCUT2D eigenvalue weighted by Crippen LogP contribution is 2.37. The van der Waals surface area contributed by atoms with Gasteiger partial charge in [0, 0.05) is 11.5 Å². The molecule has 0 radical (unpaired) electrons. The molecule has 27 heavy (non-hydrogen) atoms. The summed E-state index contributed by atoms with van der Waals surface area (Å²) in [5, 5.41) is 2.60. The zero-order valence-electron chi connectivity index (χ0n) is 17.1. The van der Waals surface area contributed by atoms with Gasteiger partial charge < -0.3 is 24.1 Å². The lowest BCUT2D eigenvalue weighted by Gasteiger charge is -2.32. The Bertz CT molecular complexity index is 671. The molecule has 2 rings (SSSR count). The first-order valence-electron chi connectivity index (χ1n) is 9.05. The number of benzene rings is 1. The molecule has 1 aliphatic heterocycles. The molecule has 0 aromatic heterocycles. The van der Waals surface area contributed by atoms with Crippen molar-refractivity contribution in [3.63, 3.8) is 0 Å². The fourth-order valence-corrected chi connectivity index (χ4v) is 2.43. The Kier molecular flexibility index (Phi) is 6.11. The third-order valence-corrected chi connectivity index (χ3v) is 4.51. The number of carbonyl (C=O) groups excluding carboxylic acids is 1. The lowest BCUT2D eigenvalue weighted by Crippen LogP contribution is -2.41. The number of rotatable bonds is 5. The van der Waals surface area contributed by atoms with E-state index < -0.39 is 35.8 Å². The molecule has 0 atom stereocenters. The Labute approximate surface area is 160 Å². The van der Waals surface area contributed by atoms with Gasteiger partial charge in [0.05, 0.1) is 17.7 Å². The van der Waals surface area contributed by atoms with Gasteiger partial charge in [-0.25, -0.2) is 9.18 Å². The van der Waals surface area contributed by atoms with Crippen LogP contribution in [0.4, 0.5) is 9.18 Å². The van der Waals surface area contributed by atoms with E-state index in [0.29, 0.717) is 11.2 Å². The lowest BCUT2D eigenvalue weighted by molar-refractivity contribution is 0.00578. The van der Waals surface area contributed by atoms with Crippen molar-refractivity contribution in [2.24, 2.45) is 0 Å². The molecule has 1 N–H and O–H groups in total. The third kappa shape index (κ3) is 5.59. The highest BCUT2D eigenvalue weighted by molar-refractivity contribution is 6.63. The van der Waals surface area contributed by atoms with E-state index in [2.05, 4.69) is 5.32 Å². The van der Waals surface area contributed by atoms with Crippen molar-refractivity contribution in [2.75, 3.05) is 13.2 Å². The summed E-state index contributed by atoms with van der Waals surface area (Å²) in [7, 11) is -0.663. The minimum absolute atomic E-state index is 0.148. The van der Waals surface area contributed by atoms with E-state index in [4.69, 9.17) is 18.8 Å². The summed E-state index contributed by atoms with van der Waals surface area (Å²) in [4.78, 5) is 11.7. The molecule has 0 spiro atoms. The van der Waals surface area contributed by atoms with Gasteiger partial charge in [-0.05, 0) is 54.5 Å². The third-order valence-electron chi connectivity index (χ3n) is 4.51. The number of ether oxygens (including phenoxy) is 2. The van der Waals surface area contributed by atoms with Crippen LogP contribution in [0.1, 0.15) is 48.5 Å². The number of alkyl carbamates (subject to hydrolysis) is 1. The maximum absolute atomic E-state index is 13.7. The Balaban J connectivity index is 2.00. The summed E-state index contributed by atoms with van der Waals surface area (Å²) in [6.45, 7) is 13.5. The fourth-order valence-electron chi connectivity index (χ4n) is 2.43. The average molecular weight is 381 g/mol. The van der Waals surface area contributed by atoms with Crippen molar-refractivity contribution in [1.29, 1.82) is 0 Å². The van der Waals surface area contributed by atoms with E-state index in [1.807, 2.05) is 27.7 Å². The summed E-state index contributed by atoms with van der Waals surface area (Å²) in [5.74, 6) is -0.107. The predicted octanol–water partition coefficient (Wildman–Crippen LogP) is 3.03. The Morgan fingerprint density at radius 2 is 1.78 bits per heavy atom. The van der Waals surface area contributed by atoms with Crippen LogP contribution in [0.15, 0.2) is 18.2 Å². The molecule has 1 amide bonds. The Morgan fingerprint density at radius 1 is 1.19 bits per heavy atom. The molecule has 0 bridgehead atoms. The van der Waals surface area contributed by atoms with Crippen molar-refractivity contribution in [3.05, 3.63) is 24.0 Å². The number of hydrogen-bond donors (Lipinski definition) is 1. The first-order valence-corrected chi connectivity index (χ1v) is 9.05. The van der Waals surface area contributed by atoms with E-state index in [0.717, 1.165) is 0 Å². The van der Waals surface area contributed by atoms with Gasteiger partial charge in [-0.15, -0.1) is 0 Å². The maximum Gasteiger partial charge on any atom is 0.498 e. The Hall–Kier alpha value is -1.80. The summed E-state index contributed by atoms with van der Waals surface area (Å²) < 4.78 is 36.6. The van der Waals surface area contributed by atoms with Crippen LogP contribution in [0.2, 0.25) is 0 Å². The van der Waals surface area contributed by atoms with Crippen LogP contribution in [0.5, 0.6) is 5.75 Å². The van der Waals surface area contributed by atoms with Gasteiger partial charge in [-0.3, -0.25) is 0 Å². The van der Waals surface area contributed by atoms with Gasteiger partial charge in [0.1, 0.15) is 23.8 Å². The molecule has 6 nitrogen and oxygen atoms in total. The van der Waals surface area contributed by atoms with Gasteiger partial charge >= 0.3 is 13.2 Å².